The SMILES string of the molecule is O=S(=O)(NCc1ccc(N2CCOCC2)nc1)c1cccc(Cl)c1F. The van der Waals surface area contributed by atoms with Gasteiger partial charge in [0.25, 0.3) is 0 Å². The molecule has 0 aliphatic carbocycles. The molecule has 0 spiro atoms. The summed E-state index contributed by atoms with van der Waals surface area (Å²) in [4.78, 5) is 5.97. The molecule has 1 saturated heterocycles. The van der Waals surface area contributed by atoms with Crippen LogP contribution in [0.5, 0.6) is 0 Å². The molecule has 1 aliphatic rings. The first kappa shape index (κ1) is 18.1. The summed E-state index contributed by atoms with van der Waals surface area (Å²) in [5, 5.41) is -0.237. The summed E-state index contributed by atoms with van der Waals surface area (Å²) in [6.07, 6.45) is 1.60. The number of aromatic nitrogens is 1. The Bertz CT molecular complexity index is 840. The largest absolute Gasteiger partial charge is 0.378 e. The van der Waals surface area contributed by atoms with Gasteiger partial charge >= 0.3 is 0 Å². The van der Waals surface area contributed by atoms with Crippen LogP contribution in [0.2, 0.25) is 5.02 Å². The highest BCUT2D eigenvalue weighted by atomic mass is 35.5. The van der Waals surface area contributed by atoms with Crippen LogP contribution in [0.1, 0.15) is 5.56 Å². The molecule has 9 heteroatoms. The van der Waals surface area contributed by atoms with E-state index < -0.39 is 20.7 Å². The number of pyridine rings is 1. The van der Waals surface area contributed by atoms with Crippen molar-refractivity contribution < 1.29 is 17.5 Å². The number of halogens is 2. The van der Waals surface area contributed by atoms with Crippen LogP contribution in [0.4, 0.5) is 10.2 Å². The van der Waals surface area contributed by atoms with Gasteiger partial charge in [0, 0.05) is 25.8 Å². The van der Waals surface area contributed by atoms with E-state index in [2.05, 4.69) is 14.6 Å². The second kappa shape index (κ2) is 7.65. The van der Waals surface area contributed by atoms with Crippen LogP contribution in [0.3, 0.4) is 0 Å². The fourth-order valence-electron chi connectivity index (χ4n) is 2.45. The first-order valence-electron chi connectivity index (χ1n) is 7.69. The highest BCUT2D eigenvalue weighted by molar-refractivity contribution is 7.89. The zero-order valence-electron chi connectivity index (χ0n) is 13.3. The molecule has 0 atom stereocenters. The maximum absolute atomic E-state index is 13.9. The van der Waals surface area contributed by atoms with Crippen molar-refractivity contribution in [3.05, 3.63) is 52.9 Å². The van der Waals surface area contributed by atoms with Gasteiger partial charge in [-0.3, -0.25) is 0 Å². The van der Waals surface area contributed by atoms with Crippen molar-refractivity contribution in [1.29, 1.82) is 0 Å². The number of anilines is 1. The molecule has 25 heavy (non-hydrogen) atoms. The standard InChI is InChI=1S/C16H17ClFN3O3S/c17-13-2-1-3-14(16(13)18)25(22,23)20-11-12-4-5-15(19-10-12)21-6-8-24-9-7-21/h1-5,10,20H,6-9,11H2. The van der Waals surface area contributed by atoms with Crippen LogP contribution in [-0.2, 0) is 21.3 Å². The van der Waals surface area contributed by atoms with Crippen molar-refractivity contribution in [2.75, 3.05) is 31.2 Å². The Morgan fingerprint density at radius 3 is 2.68 bits per heavy atom. The van der Waals surface area contributed by atoms with Gasteiger partial charge in [-0.15, -0.1) is 0 Å². The van der Waals surface area contributed by atoms with Gasteiger partial charge in [-0.25, -0.2) is 22.5 Å². The zero-order valence-corrected chi connectivity index (χ0v) is 14.9. The molecule has 1 fully saturated rings. The summed E-state index contributed by atoms with van der Waals surface area (Å²) in [6.45, 7) is 2.87. The molecule has 0 radical (unpaired) electrons. The monoisotopic (exact) mass is 385 g/mol. The van der Waals surface area contributed by atoms with Gasteiger partial charge in [0.1, 0.15) is 10.7 Å². The molecule has 0 unspecified atom stereocenters. The third kappa shape index (κ3) is 4.27. The molecular formula is C16H17ClFN3O3S. The molecule has 1 aliphatic heterocycles. The molecule has 1 aromatic carbocycles. The van der Waals surface area contributed by atoms with E-state index in [0.717, 1.165) is 18.9 Å². The van der Waals surface area contributed by atoms with E-state index in [0.29, 0.717) is 18.8 Å². The number of benzene rings is 1. The van der Waals surface area contributed by atoms with Gasteiger partial charge < -0.3 is 9.64 Å². The lowest BCUT2D eigenvalue weighted by Gasteiger charge is -2.27. The fraction of sp³-hybridized carbons (Fsp3) is 0.312. The molecule has 3 rings (SSSR count). The molecule has 1 N–H and O–H groups in total. The Balaban J connectivity index is 1.67. The summed E-state index contributed by atoms with van der Waals surface area (Å²) in [5.74, 6) is -0.145. The lowest BCUT2D eigenvalue weighted by Crippen LogP contribution is -2.36. The van der Waals surface area contributed by atoms with Gasteiger partial charge in [0.15, 0.2) is 5.82 Å². The number of nitrogens with one attached hydrogen (secondary N) is 1. The maximum Gasteiger partial charge on any atom is 0.243 e. The van der Waals surface area contributed by atoms with Crippen LogP contribution < -0.4 is 9.62 Å². The summed E-state index contributed by atoms with van der Waals surface area (Å²) < 4.78 is 46.0. The van der Waals surface area contributed by atoms with E-state index in [-0.39, 0.29) is 11.6 Å². The number of ether oxygens (including phenoxy) is 1. The molecule has 0 bridgehead atoms. The maximum atomic E-state index is 13.9. The average Bonchev–Trinajstić information content (AvgIpc) is 2.63. The van der Waals surface area contributed by atoms with Crippen molar-refractivity contribution in [3.8, 4) is 0 Å². The Morgan fingerprint density at radius 2 is 2.00 bits per heavy atom. The van der Waals surface area contributed by atoms with Crippen molar-refractivity contribution in [2.45, 2.75) is 11.4 Å². The number of hydrogen-bond acceptors (Lipinski definition) is 5. The van der Waals surface area contributed by atoms with Crippen LogP contribution in [-0.4, -0.2) is 39.7 Å². The highest BCUT2D eigenvalue weighted by Crippen LogP contribution is 2.22. The Labute approximate surface area is 150 Å². The third-order valence-corrected chi connectivity index (χ3v) is 5.53. The second-order valence-electron chi connectivity index (χ2n) is 5.50. The zero-order chi connectivity index (χ0) is 17.9. The van der Waals surface area contributed by atoms with Crippen molar-refractivity contribution in [3.63, 3.8) is 0 Å². The first-order valence-corrected chi connectivity index (χ1v) is 9.55. The molecule has 2 aromatic rings. The van der Waals surface area contributed by atoms with Gasteiger partial charge in [-0.05, 0) is 23.8 Å². The van der Waals surface area contributed by atoms with E-state index in [1.165, 1.54) is 18.2 Å². The molecule has 6 nitrogen and oxygen atoms in total. The molecule has 134 valence electrons. The lowest BCUT2D eigenvalue weighted by atomic mass is 10.3. The van der Waals surface area contributed by atoms with E-state index in [9.17, 15) is 12.8 Å². The van der Waals surface area contributed by atoms with Gasteiger partial charge in [-0.1, -0.05) is 23.7 Å². The second-order valence-corrected chi connectivity index (χ2v) is 7.64. The van der Waals surface area contributed by atoms with Crippen LogP contribution in [0.15, 0.2) is 41.4 Å². The fourth-order valence-corrected chi connectivity index (χ4v) is 3.79. The minimum absolute atomic E-state index is 0.00464. The van der Waals surface area contributed by atoms with Crippen LogP contribution >= 0.6 is 11.6 Å². The number of sulfonamides is 1. The molecule has 2 heterocycles. The molecular weight excluding hydrogens is 369 g/mol. The summed E-state index contributed by atoms with van der Waals surface area (Å²) in [6, 6.07) is 7.47. The van der Waals surface area contributed by atoms with E-state index in [1.54, 1.807) is 12.3 Å². The van der Waals surface area contributed by atoms with E-state index in [4.69, 9.17) is 16.3 Å². The smallest absolute Gasteiger partial charge is 0.243 e. The Morgan fingerprint density at radius 1 is 1.24 bits per heavy atom. The van der Waals surface area contributed by atoms with Crippen molar-refractivity contribution in [1.82, 2.24) is 9.71 Å². The van der Waals surface area contributed by atoms with E-state index in [1.807, 2.05) is 6.07 Å². The lowest BCUT2D eigenvalue weighted by molar-refractivity contribution is 0.122. The summed E-state index contributed by atoms with van der Waals surface area (Å²) >= 11 is 5.64. The van der Waals surface area contributed by atoms with Crippen LogP contribution in [0, 0.1) is 5.82 Å². The van der Waals surface area contributed by atoms with Crippen LogP contribution in [0.25, 0.3) is 0 Å². The Kier molecular flexibility index (Phi) is 5.53. The number of hydrogen-bond donors (Lipinski definition) is 1. The summed E-state index contributed by atoms with van der Waals surface area (Å²) in [7, 11) is -4.01. The quantitative estimate of drug-likeness (QED) is 0.854. The topological polar surface area (TPSA) is 71.5 Å². The molecule has 0 saturated carbocycles. The number of morpholine rings is 1. The van der Waals surface area contributed by atoms with Crippen molar-refractivity contribution >= 4 is 27.4 Å². The van der Waals surface area contributed by atoms with E-state index >= 15 is 0 Å². The number of rotatable bonds is 5. The highest BCUT2D eigenvalue weighted by Gasteiger charge is 2.20. The molecule has 0 amide bonds. The third-order valence-electron chi connectivity index (χ3n) is 3.82. The van der Waals surface area contributed by atoms with Gasteiger partial charge in [0.05, 0.1) is 18.2 Å². The minimum Gasteiger partial charge on any atom is -0.378 e. The number of nitrogens with zero attached hydrogens (tertiary/aromatic N) is 2. The first-order chi connectivity index (χ1) is 12.0. The van der Waals surface area contributed by atoms with Gasteiger partial charge in [-0.2, -0.15) is 0 Å². The predicted octanol–water partition coefficient (Wildman–Crippen LogP) is 2.19. The predicted molar refractivity (Wildman–Crippen MR) is 92.7 cm³/mol. The summed E-state index contributed by atoms with van der Waals surface area (Å²) in [5.41, 5.74) is 0.669. The Hall–Kier alpha value is -1.74. The van der Waals surface area contributed by atoms with Crippen molar-refractivity contribution in [2.24, 2.45) is 0 Å². The molecule has 1 aromatic heterocycles. The minimum atomic E-state index is -4.01. The normalized spacial score (nSPS) is 15.4. The van der Waals surface area contributed by atoms with Gasteiger partial charge in [0.2, 0.25) is 10.0 Å². The average molecular weight is 386 g/mol.